The van der Waals surface area contributed by atoms with Gasteiger partial charge in [-0.3, -0.25) is 9.78 Å². The molecule has 11 heteroatoms. The molecule has 5 aromatic rings. The van der Waals surface area contributed by atoms with Crippen molar-refractivity contribution < 1.29 is 18.0 Å². The summed E-state index contributed by atoms with van der Waals surface area (Å²) in [5.41, 5.74) is 6.55. The van der Waals surface area contributed by atoms with Crippen molar-refractivity contribution in [1.82, 2.24) is 24.8 Å². The van der Waals surface area contributed by atoms with Crippen molar-refractivity contribution in [2.75, 3.05) is 5.73 Å². The molecule has 0 aliphatic heterocycles. The molecular formula is C24H17F3N6OS. The zero-order chi connectivity index (χ0) is 24.6. The first-order valence-corrected chi connectivity index (χ1v) is 11.3. The van der Waals surface area contributed by atoms with E-state index in [1.807, 2.05) is 11.4 Å². The fourth-order valence-corrected chi connectivity index (χ4v) is 4.54. The van der Waals surface area contributed by atoms with Crippen LogP contribution in [0, 0.1) is 0 Å². The Morgan fingerprint density at radius 3 is 2.51 bits per heavy atom. The second-order valence-corrected chi connectivity index (χ2v) is 8.67. The van der Waals surface area contributed by atoms with Gasteiger partial charge in [-0.1, -0.05) is 0 Å². The highest BCUT2D eigenvalue weighted by Crippen LogP contribution is 2.33. The molecule has 0 saturated heterocycles. The molecule has 35 heavy (non-hydrogen) atoms. The van der Waals surface area contributed by atoms with Crippen LogP contribution in [0.5, 0.6) is 0 Å². The standard InChI is InChI=1S/C24H17F3N6OS/c25-24(26,27)15-3-4-16(31-11-15)12-33(13-20-29-7-1-8-30-20)23(34)14-2-5-19-18(10-14)17-6-9-35-21(17)22(28)32-19/h1-11H,12-13H2,(H2,28,32). The molecule has 0 fully saturated rings. The Kier molecular flexibility index (Phi) is 5.77. The number of fused-ring (bicyclic) bond motifs is 3. The summed E-state index contributed by atoms with van der Waals surface area (Å²) in [7, 11) is 0. The number of nitrogens with zero attached hydrogens (tertiary/aromatic N) is 5. The molecule has 0 saturated carbocycles. The van der Waals surface area contributed by atoms with Crippen LogP contribution in [-0.4, -0.2) is 30.7 Å². The maximum absolute atomic E-state index is 13.6. The number of carbonyl (C=O) groups is 1. The van der Waals surface area contributed by atoms with E-state index in [1.165, 1.54) is 22.3 Å². The molecular weight excluding hydrogens is 477 g/mol. The Morgan fingerprint density at radius 1 is 1.00 bits per heavy atom. The normalized spacial score (nSPS) is 11.7. The van der Waals surface area contributed by atoms with E-state index in [0.717, 1.165) is 27.7 Å². The molecule has 4 heterocycles. The van der Waals surface area contributed by atoms with Gasteiger partial charge in [0.25, 0.3) is 5.91 Å². The molecule has 0 aliphatic rings. The van der Waals surface area contributed by atoms with Gasteiger partial charge in [-0.25, -0.2) is 15.0 Å². The average molecular weight is 495 g/mol. The molecule has 0 aliphatic carbocycles. The van der Waals surface area contributed by atoms with Crippen molar-refractivity contribution in [3.05, 3.63) is 89.1 Å². The highest BCUT2D eigenvalue weighted by molar-refractivity contribution is 7.18. The summed E-state index contributed by atoms with van der Waals surface area (Å²) < 4.78 is 39.6. The van der Waals surface area contributed by atoms with Gasteiger partial charge in [0, 0.05) is 34.9 Å². The number of hydrogen-bond acceptors (Lipinski definition) is 7. The van der Waals surface area contributed by atoms with Crippen LogP contribution in [0.2, 0.25) is 0 Å². The predicted molar refractivity (Wildman–Crippen MR) is 126 cm³/mol. The number of aromatic nitrogens is 4. The summed E-state index contributed by atoms with van der Waals surface area (Å²) >= 11 is 1.47. The quantitative estimate of drug-likeness (QED) is 0.366. The van der Waals surface area contributed by atoms with E-state index in [-0.39, 0.29) is 19.0 Å². The van der Waals surface area contributed by atoms with Crippen LogP contribution in [0.15, 0.2) is 66.4 Å². The summed E-state index contributed by atoms with van der Waals surface area (Å²) in [4.78, 5) is 31.7. The summed E-state index contributed by atoms with van der Waals surface area (Å²) in [5, 5.41) is 3.59. The van der Waals surface area contributed by atoms with E-state index in [4.69, 9.17) is 5.73 Å². The Balaban J connectivity index is 1.51. The molecule has 0 spiro atoms. The van der Waals surface area contributed by atoms with E-state index >= 15 is 0 Å². The number of halogens is 3. The summed E-state index contributed by atoms with van der Waals surface area (Å²) in [6.07, 6.45) is -0.619. The third kappa shape index (κ3) is 4.62. The van der Waals surface area contributed by atoms with Gasteiger partial charge < -0.3 is 10.6 Å². The van der Waals surface area contributed by atoms with Gasteiger partial charge in [-0.2, -0.15) is 13.2 Å². The molecule has 4 aromatic heterocycles. The Bertz CT molecular complexity index is 1520. The number of nitrogen functional groups attached to an aromatic ring is 1. The number of pyridine rings is 2. The van der Waals surface area contributed by atoms with Gasteiger partial charge in [0.1, 0.15) is 11.6 Å². The van der Waals surface area contributed by atoms with Crippen LogP contribution in [0.3, 0.4) is 0 Å². The van der Waals surface area contributed by atoms with Crippen LogP contribution in [0.4, 0.5) is 19.0 Å². The van der Waals surface area contributed by atoms with Crippen LogP contribution in [0.25, 0.3) is 21.0 Å². The lowest BCUT2D eigenvalue weighted by Gasteiger charge is -2.22. The van der Waals surface area contributed by atoms with Crippen LogP contribution in [0.1, 0.15) is 27.4 Å². The van der Waals surface area contributed by atoms with Crippen molar-refractivity contribution in [2.45, 2.75) is 19.3 Å². The summed E-state index contributed by atoms with van der Waals surface area (Å²) in [6.45, 7) is 0.0232. The summed E-state index contributed by atoms with van der Waals surface area (Å²) in [6, 6.07) is 10.9. The van der Waals surface area contributed by atoms with E-state index in [0.29, 0.717) is 28.4 Å². The fourth-order valence-electron chi connectivity index (χ4n) is 3.73. The zero-order valence-corrected chi connectivity index (χ0v) is 18.8. The second kappa shape index (κ2) is 8.91. The lowest BCUT2D eigenvalue weighted by Crippen LogP contribution is -2.31. The number of thiophene rings is 1. The van der Waals surface area contributed by atoms with Crippen LogP contribution >= 0.6 is 11.3 Å². The second-order valence-electron chi connectivity index (χ2n) is 7.75. The average Bonchev–Trinajstić information content (AvgIpc) is 3.35. The van der Waals surface area contributed by atoms with Gasteiger partial charge in [0.15, 0.2) is 0 Å². The number of carbonyl (C=O) groups excluding carboxylic acids is 1. The Morgan fingerprint density at radius 2 is 1.80 bits per heavy atom. The van der Waals surface area contributed by atoms with E-state index in [9.17, 15) is 18.0 Å². The lowest BCUT2D eigenvalue weighted by molar-refractivity contribution is -0.137. The monoisotopic (exact) mass is 494 g/mol. The number of benzene rings is 1. The minimum atomic E-state index is -4.49. The van der Waals surface area contributed by atoms with Gasteiger partial charge in [-0.05, 0) is 47.8 Å². The third-order valence-corrected chi connectivity index (χ3v) is 6.35. The fraction of sp³-hybridized carbons (Fsp3) is 0.125. The first-order chi connectivity index (χ1) is 16.8. The first kappa shape index (κ1) is 22.7. The van der Waals surface area contributed by atoms with Crippen molar-refractivity contribution in [1.29, 1.82) is 0 Å². The molecule has 1 aromatic carbocycles. The molecule has 0 bridgehead atoms. The molecule has 0 radical (unpaired) electrons. The smallest absolute Gasteiger partial charge is 0.382 e. The number of nitrogens with two attached hydrogens (primary N) is 1. The van der Waals surface area contributed by atoms with E-state index < -0.39 is 11.7 Å². The van der Waals surface area contributed by atoms with E-state index in [1.54, 1.807) is 36.7 Å². The number of amides is 1. The van der Waals surface area contributed by atoms with E-state index in [2.05, 4.69) is 19.9 Å². The molecule has 0 unspecified atom stereocenters. The number of alkyl halides is 3. The van der Waals surface area contributed by atoms with Crippen LogP contribution in [-0.2, 0) is 19.3 Å². The maximum Gasteiger partial charge on any atom is 0.417 e. The van der Waals surface area contributed by atoms with Gasteiger partial charge in [0.2, 0.25) is 0 Å². The Hall–Kier alpha value is -4.12. The zero-order valence-electron chi connectivity index (χ0n) is 18.0. The highest BCUT2D eigenvalue weighted by atomic mass is 32.1. The summed E-state index contributed by atoms with van der Waals surface area (Å²) in [5.74, 6) is 0.474. The van der Waals surface area contributed by atoms with Crippen molar-refractivity contribution in [3.63, 3.8) is 0 Å². The predicted octanol–water partition coefficient (Wildman–Crippen LogP) is 5.08. The van der Waals surface area contributed by atoms with Crippen molar-refractivity contribution in [3.8, 4) is 0 Å². The van der Waals surface area contributed by atoms with Gasteiger partial charge in [0.05, 0.1) is 34.6 Å². The molecule has 5 rings (SSSR count). The minimum Gasteiger partial charge on any atom is -0.382 e. The molecule has 1 amide bonds. The molecule has 176 valence electrons. The number of rotatable bonds is 5. The first-order valence-electron chi connectivity index (χ1n) is 10.4. The third-order valence-electron chi connectivity index (χ3n) is 5.42. The van der Waals surface area contributed by atoms with Gasteiger partial charge in [-0.15, -0.1) is 11.3 Å². The largest absolute Gasteiger partial charge is 0.417 e. The molecule has 2 N–H and O–H groups in total. The number of hydrogen-bond donors (Lipinski definition) is 1. The topological polar surface area (TPSA) is 97.9 Å². The Labute approximate surface area is 201 Å². The maximum atomic E-state index is 13.6. The van der Waals surface area contributed by atoms with Crippen molar-refractivity contribution >= 4 is 44.1 Å². The molecule has 0 atom stereocenters. The number of anilines is 1. The minimum absolute atomic E-state index is 0.0267. The van der Waals surface area contributed by atoms with Crippen molar-refractivity contribution in [2.24, 2.45) is 0 Å². The molecule has 7 nitrogen and oxygen atoms in total. The van der Waals surface area contributed by atoms with Crippen LogP contribution < -0.4 is 5.73 Å². The lowest BCUT2D eigenvalue weighted by atomic mass is 10.1. The SMILES string of the molecule is Nc1nc2ccc(C(=O)N(Cc3ccc(C(F)(F)F)cn3)Cc3ncccn3)cc2c2ccsc12. The highest BCUT2D eigenvalue weighted by Gasteiger charge is 2.31. The van der Waals surface area contributed by atoms with Gasteiger partial charge >= 0.3 is 6.18 Å².